The third kappa shape index (κ3) is 4.72. The van der Waals surface area contributed by atoms with Crippen LogP contribution < -0.4 is 0 Å². The summed E-state index contributed by atoms with van der Waals surface area (Å²) in [6, 6.07) is 0. The van der Waals surface area contributed by atoms with Gasteiger partial charge in [0.25, 0.3) is 0 Å². The van der Waals surface area contributed by atoms with Crippen molar-refractivity contribution in [3.05, 3.63) is 0 Å². The van der Waals surface area contributed by atoms with Crippen molar-refractivity contribution >= 4 is 90.2 Å². The van der Waals surface area contributed by atoms with Crippen LogP contribution in [-0.4, -0.2) is 41.3 Å². The second kappa shape index (κ2) is 6.99. The van der Waals surface area contributed by atoms with E-state index in [0.717, 1.165) is 18.3 Å². The third-order valence-corrected chi connectivity index (χ3v) is 16.2. The van der Waals surface area contributed by atoms with Crippen LogP contribution in [-0.2, 0) is 0 Å². The van der Waals surface area contributed by atoms with Crippen molar-refractivity contribution in [2.75, 3.05) is 23.0 Å². The average Bonchev–Trinajstić information content (AvgIpc) is 3.17. The minimum absolute atomic E-state index is 0.811. The van der Waals surface area contributed by atoms with Gasteiger partial charge in [-0.2, -0.15) is 0 Å². The van der Waals surface area contributed by atoms with Crippen LogP contribution in [0, 0.1) is 0 Å². The third-order valence-electron chi connectivity index (χ3n) is 1.99. The molecule has 3 aliphatic heterocycles. The van der Waals surface area contributed by atoms with Crippen LogP contribution in [0.25, 0.3) is 0 Å². The first kappa shape index (κ1) is 13.8. The van der Waals surface area contributed by atoms with Crippen molar-refractivity contribution in [2.45, 2.75) is 18.3 Å². The van der Waals surface area contributed by atoms with E-state index >= 15 is 0 Å². The maximum atomic E-state index is 2.18. The second-order valence-corrected chi connectivity index (χ2v) is 14.8. The van der Waals surface area contributed by atoms with Gasteiger partial charge in [0.15, 0.2) is 0 Å². The Hall–Kier alpha value is 2.80. The molecule has 3 saturated heterocycles. The summed E-state index contributed by atoms with van der Waals surface area (Å²) in [7, 11) is 8.53. The number of rotatable bonds is 6. The van der Waals surface area contributed by atoms with Gasteiger partial charge in [-0.15, -0.1) is 47.0 Å². The van der Waals surface area contributed by atoms with Crippen molar-refractivity contribution in [2.24, 2.45) is 0 Å². The Bertz CT molecular complexity index is 204. The molecule has 0 N–H and O–H groups in total. The van der Waals surface area contributed by atoms with Gasteiger partial charge < -0.3 is 0 Å². The quantitative estimate of drug-likeness (QED) is 0.469. The van der Waals surface area contributed by atoms with E-state index in [-0.39, 0.29) is 0 Å². The monoisotopic (exact) mass is 364 g/mol. The first-order chi connectivity index (χ1) is 7.92. The Morgan fingerprint density at radius 2 is 1.06 bits per heavy atom. The fourth-order valence-corrected chi connectivity index (χ4v) is 14.9. The van der Waals surface area contributed by atoms with Crippen LogP contribution in [0.1, 0.15) is 0 Å². The molecule has 4 unspecified atom stereocenters. The summed E-state index contributed by atoms with van der Waals surface area (Å²) in [6.45, 7) is 0. The van der Waals surface area contributed by atoms with E-state index in [2.05, 4.69) is 90.2 Å². The van der Waals surface area contributed by atoms with E-state index in [9.17, 15) is 0 Å². The maximum Gasteiger partial charge on any atom is 0.0824 e. The van der Waals surface area contributed by atoms with Gasteiger partial charge in [0.1, 0.15) is 0 Å². The summed E-state index contributed by atoms with van der Waals surface area (Å²) in [5.74, 6) is 5.46. The van der Waals surface area contributed by atoms with Gasteiger partial charge in [0.2, 0.25) is 0 Å². The molecule has 0 nitrogen and oxygen atoms in total. The lowest BCUT2D eigenvalue weighted by atomic mass is 10.9. The molecule has 3 rings (SSSR count). The van der Waals surface area contributed by atoms with E-state index in [1.54, 1.807) is 0 Å². The molecule has 0 saturated carbocycles. The highest BCUT2D eigenvalue weighted by atomic mass is 33.1. The van der Waals surface area contributed by atoms with Crippen molar-refractivity contribution in [3.8, 4) is 0 Å². The lowest BCUT2D eigenvalue weighted by Crippen LogP contribution is -2.18. The SMILES string of the molecule is C1CSC(SSC2CS2)C(SSC2CS2)S1. The van der Waals surface area contributed by atoms with Crippen molar-refractivity contribution in [3.63, 3.8) is 0 Å². The Morgan fingerprint density at radius 1 is 0.625 bits per heavy atom. The van der Waals surface area contributed by atoms with Gasteiger partial charge in [-0.1, -0.05) is 43.2 Å². The largest absolute Gasteiger partial charge is 0.144 e. The zero-order valence-corrected chi connectivity index (χ0v) is 14.9. The Labute approximate surface area is 130 Å². The standard InChI is InChI=1S/C8H12S8/c1-2-10-8(16-14-6-4-12-6)7(9-1)15-13-5-3-11-5/h5-8H,1-4H2. The minimum atomic E-state index is 0.811. The Kier molecular flexibility index (Phi) is 6.02. The first-order valence-electron chi connectivity index (χ1n) is 5.02. The topological polar surface area (TPSA) is 0 Å². The number of thioether (sulfide) groups is 4. The molecule has 0 amide bonds. The zero-order chi connectivity index (χ0) is 10.8. The molecule has 8 heteroatoms. The minimum Gasteiger partial charge on any atom is -0.144 e. The molecule has 3 aliphatic rings. The first-order valence-corrected chi connectivity index (χ1v) is 13.8. The molecule has 0 spiro atoms. The van der Waals surface area contributed by atoms with E-state index in [4.69, 9.17) is 0 Å². The van der Waals surface area contributed by atoms with Crippen LogP contribution in [0.4, 0.5) is 0 Å². The van der Waals surface area contributed by atoms with Crippen LogP contribution in [0.2, 0.25) is 0 Å². The molecule has 92 valence electrons. The number of hydrogen-bond donors (Lipinski definition) is 0. The van der Waals surface area contributed by atoms with E-state index in [1.165, 1.54) is 23.0 Å². The van der Waals surface area contributed by atoms with Crippen molar-refractivity contribution < 1.29 is 0 Å². The van der Waals surface area contributed by atoms with Crippen LogP contribution >= 0.6 is 90.2 Å². The molecule has 0 aromatic rings. The fourth-order valence-electron chi connectivity index (χ4n) is 1.06. The predicted octanol–water partition coefficient (Wildman–Crippen LogP) is 5.03. The predicted molar refractivity (Wildman–Crippen MR) is 95.3 cm³/mol. The van der Waals surface area contributed by atoms with Gasteiger partial charge >= 0.3 is 0 Å². The summed E-state index contributed by atoms with van der Waals surface area (Å²) in [6.07, 6.45) is 0. The molecule has 4 atom stereocenters. The summed E-state index contributed by atoms with van der Waals surface area (Å²) in [4.78, 5) is 0. The van der Waals surface area contributed by atoms with Gasteiger partial charge in [0.05, 0.1) is 18.3 Å². The van der Waals surface area contributed by atoms with Crippen LogP contribution in [0.5, 0.6) is 0 Å². The van der Waals surface area contributed by atoms with E-state index in [0.29, 0.717) is 0 Å². The smallest absolute Gasteiger partial charge is 0.0824 e. The summed E-state index contributed by atoms with van der Waals surface area (Å²) >= 11 is 8.56. The van der Waals surface area contributed by atoms with Gasteiger partial charge in [0, 0.05) is 23.0 Å². The van der Waals surface area contributed by atoms with Gasteiger partial charge in [-0.3, -0.25) is 0 Å². The van der Waals surface area contributed by atoms with Crippen molar-refractivity contribution in [1.82, 2.24) is 0 Å². The van der Waals surface area contributed by atoms with Gasteiger partial charge in [-0.25, -0.2) is 0 Å². The van der Waals surface area contributed by atoms with E-state index < -0.39 is 0 Å². The molecule has 0 bridgehead atoms. The summed E-state index contributed by atoms with van der Waals surface area (Å²) < 4.78 is 3.45. The van der Waals surface area contributed by atoms with Crippen molar-refractivity contribution in [1.29, 1.82) is 0 Å². The molecule has 0 aliphatic carbocycles. The van der Waals surface area contributed by atoms with Crippen LogP contribution in [0.3, 0.4) is 0 Å². The van der Waals surface area contributed by atoms with E-state index in [1.807, 2.05) is 0 Å². The fraction of sp³-hybridized carbons (Fsp3) is 1.00. The summed E-state index contributed by atoms with van der Waals surface area (Å²) in [5.41, 5.74) is 0. The molecule has 0 aromatic carbocycles. The van der Waals surface area contributed by atoms with Gasteiger partial charge in [-0.05, 0) is 0 Å². The number of hydrogen-bond acceptors (Lipinski definition) is 8. The van der Waals surface area contributed by atoms with Crippen LogP contribution in [0.15, 0.2) is 0 Å². The molecule has 0 radical (unpaired) electrons. The molecule has 3 fully saturated rings. The lowest BCUT2D eigenvalue weighted by molar-refractivity contribution is 1.32. The molecule has 3 heterocycles. The highest BCUT2D eigenvalue weighted by Gasteiger charge is 2.33. The molecular weight excluding hydrogens is 353 g/mol. The average molecular weight is 365 g/mol. The Balaban J connectivity index is 1.42. The second-order valence-electron chi connectivity index (χ2n) is 3.39. The zero-order valence-electron chi connectivity index (χ0n) is 8.40. The highest BCUT2D eigenvalue weighted by Crippen LogP contribution is 2.57. The maximum absolute atomic E-state index is 2.18. The molecule has 0 aromatic heterocycles. The summed E-state index contributed by atoms with van der Waals surface area (Å²) in [5, 5.41) is 0. The molecular formula is C8H12S8. The highest BCUT2D eigenvalue weighted by molar-refractivity contribution is 8.83. The lowest BCUT2D eigenvalue weighted by Gasteiger charge is -2.28. The normalized spacial score (nSPS) is 42.0. The Morgan fingerprint density at radius 3 is 1.44 bits per heavy atom. The molecule has 16 heavy (non-hydrogen) atoms.